The van der Waals surface area contributed by atoms with E-state index in [1.54, 1.807) is 12.1 Å². The van der Waals surface area contributed by atoms with Crippen LogP contribution in [0, 0.1) is 6.92 Å². The number of methoxy groups -OCH3 is 1. The number of benzene rings is 2. The predicted octanol–water partition coefficient (Wildman–Crippen LogP) is 5.52. The Morgan fingerprint density at radius 3 is 2.30 bits per heavy atom. The summed E-state index contributed by atoms with van der Waals surface area (Å²) in [5, 5.41) is 0. The Hall–Kier alpha value is -1.41. The highest BCUT2D eigenvalue weighted by molar-refractivity contribution is 14.2. The van der Waals surface area contributed by atoms with E-state index in [0.29, 0.717) is 12.2 Å². The van der Waals surface area contributed by atoms with E-state index in [9.17, 15) is 13.2 Å². The molecule has 0 radical (unpaired) electrons. The van der Waals surface area contributed by atoms with Crippen molar-refractivity contribution in [1.82, 2.24) is 0 Å². The van der Waals surface area contributed by atoms with Gasteiger partial charge in [0.2, 0.25) is 0 Å². The number of alkyl halides is 3. The SMILES string of the molecule is C=IOCc1ccc(-c2ccc(OC)c(C(F)(F)F)c2)cc1C. The van der Waals surface area contributed by atoms with Crippen LogP contribution in [0.4, 0.5) is 13.2 Å². The van der Waals surface area contributed by atoms with E-state index in [0.717, 1.165) is 22.8 Å². The maximum absolute atomic E-state index is 13.1. The third-order valence-electron chi connectivity index (χ3n) is 3.47. The van der Waals surface area contributed by atoms with Crippen LogP contribution in [0.25, 0.3) is 11.1 Å². The van der Waals surface area contributed by atoms with Gasteiger partial charge in [0.05, 0.1) is 19.3 Å². The van der Waals surface area contributed by atoms with Gasteiger partial charge < -0.3 is 7.80 Å². The minimum Gasteiger partial charge on any atom is -0.496 e. The van der Waals surface area contributed by atoms with Gasteiger partial charge in [-0.1, -0.05) is 24.3 Å². The van der Waals surface area contributed by atoms with Gasteiger partial charge in [-0.3, -0.25) is 0 Å². The first kappa shape index (κ1) is 17.9. The molecule has 0 fully saturated rings. The molecule has 2 aromatic carbocycles. The number of aryl methyl sites for hydroxylation is 1. The van der Waals surface area contributed by atoms with E-state index < -0.39 is 32.9 Å². The van der Waals surface area contributed by atoms with Gasteiger partial charge >= 0.3 is 6.18 Å². The molecule has 0 heterocycles. The van der Waals surface area contributed by atoms with Gasteiger partial charge in [0, 0.05) is 21.1 Å². The van der Waals surface area contributed by atoms with Crippen molar-refractivity contribution in [3.05, 3.63) is 53.1 Å². The lowest BCUT2D eigenvalue weighted by molar-refractivity contribution is -0.138. The summed E-state index contributed by atoms with van der Waals surface area (Å²) < 4.78 is 53.2. The average molecular weight is 436 g/mol. The summed E-state index contributed by atoms with van der Waals surface area (Å²) in [5.74, 6) is -0.178. The molecule has 0 saturated heterocycles. The van der Waals surface area contributed by atoms with Crippen LogP contribution in [0.1, 0.15) is 16.7 Å². The number of ether oxygens (including phenoxy) is 1. The molecule has 2 rings (SSSR count). The third kappa shape index (κ3) is 4.32. The van der Waals surface area contributed by atoms with Crippen LogP contribution < -0.4 is 4.74 Å². The molecule has 2 aromatic rings. The van der Waals surface area contributed by atoms with Gasteiger partial charge in [0.1, 0.15) is 5.75 Å². The number of halogens is 4. The first-order chi connectivity index (χ1) is 10.9. The molecule has 0 spiro atoms. The first-order valence-corrected chi connectivity index (χ1v) is 9.13. The van der Waals surface area contributed by atoms with E-state index in [2.05, 4.69) is 4.51 Å². The fourth-order valence-electron chi connectivity index (χ4n) is 2.24. The number of hydrogen-bond acceptors (Lipinski definition) is 2. The molecule has 0 aromatic heterocycles. The van der Waals surface area contributed by atoms with E-state index in [-0.39, 0.29) is 5.75 Å². The molecule has 0 bridgehead atoms. The minimum absolute atomic E-state index is 0.178. The van der Waals surface area contributed by atoms with Gasteiger partial charge in [-0.2, -0.15) is 13.2 Å². The van der Waals surface area contributed by atoms with Crippen molar-refractivity contribution in [3.63, 3.8) is 0 Å². The Bertz CT molecular complexity index is 711. The van der Waals surface area contributed by atoms with Crippen LogP contribution >= 0.6 is 21.1 Å². The minimum atomic E-state index is -4.46. The summed E-state index contributed by atoms with van der Waals surface area (Å²) in [6.07, 6.45) is -4.46. The van der Waals surface area contributed by atoms with Crippen LogP contribution in [0.5, 0.6) is 5.75 Å². The smallest absolute Gasteiger partial charge is 0.419 e. The van der Waals surface area contributed by atoms with Crippen LogP contribution in [0.15, 0.2) is 36.4 Å². The highest BCUT2D eigenvalue weighted by Gasteiger charge is 2.34. The standard InChI is InChI=1S/C17H16F3IO2/c1-11-8-12(4-5-14(11)10-23-21-2)13-6-7-16(22-3)15(9-13)17(18,19)20/h4-9H,2,10H2,1,3H3. The molecule has 6 heteroatoms. The fourth-order valence-corrected chi connectivity index (χ4v) is 2.80. The van der Waals surface area contributed by atoms with Crippen LogP contribution in [0.3, 0.4) is 0 Å². The zero-order valence-electron chi connectivity index (χ0n) is 12.7. The molecule has 0 N–H and O–H groups in total. The predicted molar refractivity (Wildman–Crippen MR) is 94.1 cm³/mol. The second-order valence-corrected chi connectivity index (χ2v) is 6.16. The van der Waals surface area contributed by atoms with Gasteiger partial charge in [0.15, 0.2) is 0 Å². The lowest BCUT2D eigenvalue weighted by atomic mass is 9.98. The van der Waals surface area contributed by atoms with E-state index in [1.165, 1.54) is 13.2 Å². The summed E-state index contributed by atoms with van der Waals surface area (Å²) in [7, 11) is 1.23. The Morgan fingerprint density at radius 1 is 1.09 bits per heavy atom. The van der Waals surface area contributed by atoms with Crippen molar-refractivity contribution in [2.24, 2.45) is 0 Å². The van der Waals surface area contributed by atoms with Gasteiger partial charge in [-0.25, -0.2) is 0 Å². The molecule has 0 aliphatic heterocycles. The summed E-state index contributed by atoms with van der Waals surface area (Å²) in [6, 6.07) is 9.63. The molecule has 23 heavy (non-hydrogen) atoms. The molecule has 0 saturated carbocycles. The molecule has 0 unspecified atom stereocenters. The lowest BCUT2D eigenvalue weighted by Crippen LogP contribution is -2.07. The number of rotatable bonds is 5. The van der Waals surface area contributed by atoms with Crippen molar-refractivity contribution >= 4 is 25.7 Å². The van der Waals surface area contributed by atoms with E-state index in [1.807, 2.05) is 19.1 Å². The lowest BCUT2D eigenvalue weighted by Gasteiger charge is -2.14. The largest absolute Gasteiger partial charge is 0.496 e. The molecule has 0 aliphatic carbocycles. The quantitative estimate of drug-likeness (QED) is 0.575. The molecular formula is C17H16F3IO2. The molecular weight excluding hydrogens is 420 g/mol. The second kappa shape index (κ2) is 7.44. The summed E-state index contributed by atoms with van der Waals surface area (Å²) in [4.78, 5) is 0. The van der Waals surface area contributed by atoms with E-state index in [4.69, 9.17) is 7.80 Å². The van der Waals surface area contributed by atoms with Crippen molar-refractivity contribution in [1.29, 1.82) is 0 Å². The molecule has 124 valence electrons. The van der Waals surface area contributed by atoms with Crippen LogP contribution in [0.2, 0.25) is 0 Å². The Kier molecular flexibility index (Phi) is 5.80. The van der Waals surface area contributed by atoms with Gasteiger partial charge in [-0.15, -0.1) is 0 Å². The Balaban J connectivity index is 2.42. The fraction of sp³-hybridized carbons (Fsp3) is 0.235. The van der Waals surface area contributed by atoms with Crippen molar-refractivity contribution in [3.8, 4) is 16.9 Å². The Morgan fingerprint density at radius 2 is 1.74 bits per heavy atom. The molecule has 2 nitrogen and oxygen atoms in total. The highest BCUT2D eigenvalue weighted by atomic mass is 127. The van der Waals surface area contributed by atoms with Gasteiger partial charge in [-0.05, 0) is 45.8 Å². The zero-order chi connectivity index (χ0) is 17.0. The van der Waals surface area contributed by atoms with E-state index >= 15 is 0 Å². The zero-order valence-corrected chi connectivity index (χ0v) is 14.9. The van der Waals surface area contributed by atoms with Crippen molar-refractivity contribution in [2.45, 2.75) is 19.7 Å². The third-order valence-corrected chi connectivity index (χ3v) is 4.22. The molecule has 0 atom stereocenters. The van der Waals surface area contributed by atoms with Gasteiger partial charge in [0.25, 0.3) is 0 Å². The topological polar surface area (TPSA) is 18.5 Å². The average Bonchev–Trinajstić information content (AvgIpc) is 2.52. The van der Waals surface area contributed by atoms with Crippen LogP contribution in [-0.2, 0) is 15.8 Å². The van der Waals surface area contributed by atoms with Crippen molar-refractivity contribution < 1.29 is 21.0 Å². The monoisotopic (exact) mass is 436 g/mol. The number of hydrogen-bond donors (Lipinski definition) is 0. The van der Waals surface area contributed by atoms with Crippen LogP contribution in [-0.4, -0.2) is 11.6 Å². The summed E-state index contributed by atoms with van der Waals surface area (Å²) in [5.41, 5.74) is 2.44. The summed E-state index contributed by atoms with van der Waals surface area (Å²) >= 11 is -0.496. The summed E-state index contributed by atoms with van der Waals surface area (Å²) in [6.45, 7) is 2.40. The molecule has 0 aliphatic rings. The highest BCUT2D eigenvalue weighted by Crippen LogP contribution is 2.38. The maximum atomic E-state index is 13.1. The second-order valence-electron chi connectivity index (χ2n) is 4.92. The maximum Gasteiger partial charge on any atom is 0.419 e. The molecule has 0 amide bonds. The Labute approximate surface area is 143 Å². The van der Waals surface area contributed by atoms with Crippen molar-refractivity contribution in [2.75, 3.05) is 7.11 Å². The normalized spacial score (nSPS) is 11.5. The first-order valence-electron chi connectivity index (χ1n) is 6.72.